The van der Waals surface area contributed by atoms with Crippen LogP contribution < -0.4 is 0 Å². The Kier molecular flexibility index (Phi) is 6.47. The van der Waals surface area contributed by atoms with Crippen LogP contribution in [0.4, 0.5) is 0 Å². The van der Waals surface area contributed by atoms with Gasteiger partial charge in [0.15, 0.2) is 0 Å². The van der Waals surface area contributed by atoms with E-state index in [0.29, 0.717) is 26.0 Å². The summed E-state index contributed by atoms with van der Waals surface area (Å²) in [6.45, 7) is 8.56. The van der Waals surface area contributed by atoms with E-state index in [2.05, 4.69) is 0 Å². The molecule has 4 aliphatic heterocycles. The molecule has 1 N–H and O–H groups in total. The van der Waals surface area contributed by atoms with Gasteiger partial charge >= 0.3 is 5.97 Å². The quantitative estimate of drug-likeness (QED) is 0.497. The lowest BCUT2D eigenvalue weighted by Gasteiger charge is -2.39. The van der Waals surface area contributed by atoms with Crippen molar-refractivity contribution in [1.29, 1.82) is 0 Å². The van der Waals surface area contributed by atoms with Gasteiger partial charge in [0.25, 0.3) is 0 Å². The number of carbonyl (C=O) groups is 3. The fraction of sp³-hybridized carbons (Fsp3) is 0.708. The molecule has 1 unspecified atom stereocenters. The van der Waals surface area contributed by atoms with Gasteiger partial charge in [-0.2, -0.15) is 0 Å². The maximum Gasteiger partial charge on any atom is 0.311 e. The van der Waals surface area contributed by atoms with Gasteiger partial charge in [-0.25, -0.2) is 0 Å². The lowest BCUT2D eigenvalue weighted by molar-refractivity contribution is -0.153. The summed E-state index contributed by atoms with van der Waals surface area (Å²) < 4.78 is 4.63. The van der Waals surface area contributed by atoms with Gasteiger partial charge in [-0.05, 0) is 32.6 Å². The summed E-state index contributed by atoms with van der Waals surface area (Å²) in [5.41, 5.74) is 0. The van der Waals surface area contributed by atoms with Crippen molar-refractivity contribution >= 4 is 29.5 Å². The molecule has 4 heterocycles. The third kappa shape index (κ3) is 3.59. The second-order valence-electron chi connectivity index (χ2n) is 9.92. The number of fused-ring (bicyclic) bond motifs is 2. The normalized spacial score (nSPS) is 35.4. The molecule has 0 aromatic rings. The molecule has 0 aromatic heterocycles. The average molecular weight is 463 g/mol. The maximum absolute atomic E-state index is 14.0. The second kappa shape index (κ2) is 8.86. The highest BCUT2D eigenvalue weighted by atomic mass is 32.2. The largest absolute Gasteiger partial charge is 0.465 e. The molecule has 0 aliphatic carbocycles. The monoisotopic (exact) mass is 462 g/mol. The number of amides is 2. The first-order chi connectivity index (χ1) is 15.2. The third-order valence-corrected chi connectivity index (χ3v) is 8.80. The van der Waals surface area contributed by atoms with Crippen LogP contribution >= 0.6 is 11.8 Å². The smallest absolute Gasteiger partial charge is 0.311 e. The fourth-order valence-corrected chi connectivity index (χ4v) is 7.73. The topological polar surface area (TPSA) is 87.2 Å². The Hall–Kier alpha value is -1.80. The predicted molar refractivity (Wildman–Crippen MR) is 123 cm³/mol. The summed E-state index contributed by atoms with van der Waals surface area (Å²) in [5, 5.41) is 10.0. The molecule has 4 aliphatic rings. The first-order valence-electron chi connectivity index (χ1n) is 11.6. The number of likely N-dealkylation sites (tertiary alicyclic amines) is 1. The number of rotatable bonds is 5. The van der Waals surface area contributed by atoms with Gasteiger partial charge < -0.3 is 19.6 Å². The summed E-state index contributed by atoms with van der Waals surface area (Å²) in [5.74, 6) is -1.78. The summed E-state index contributed by atoms with van der Waals surface area (Å²) in [7, 11) is 0. The Labute approximate surface area is 194 Å². The van der Waals surface area contributed by atoms with Crippen LogP contribution in [0.5, 0.6) is 0 Å². The first-order valence-corrected chi connectivity index (χ1v) is 12.5. The number of ether oxygens (including phenoxy) is 1. The molecular weight excluding hydrogens is 428 g/mol. The Morgan fingerprint density at radius 2 is 1.94 bits per heavy atom. The van der Waals surface area contributed by atoms with Gasteiger partial charge in [0.1, 0.15) is 6.04 Å². The molecule has 0 aromatic carbocycles. The Morgan fingerprint density at radius 3 is 2.59 bits per heavy atom. The van der Waals surface area contributed by atoms with Crippen LogP contribution in [-0.4, -0.2) is 80.6 Å². The average Bonchev–Trinajstić information content (AvgIpc) is 3.10. The van der Waals surface area contributed by atoms with E-state index in [4.69, 9.17) is 4.74 Å². The van der Waals surface area contributed by atoms with Gasteiger partial charge in [-0.3, -0.25) is 14.4 Å². The van der Waals surface area contributed by atoms with Gasteiger partial charge in [-0.1, -0.05) is 38.2 Å². The fourth-order valence-electron chi connectivity index (χ4n) is 5.74. The number of carbonyl (C=O) groups excluding carboxylic acids is 3. The maximum atomic E-state index is 14.0. The van der Waals surface area contributed by atoms with Crippen molar-refractivity contribution in [2.75, 3.05) is 19.8 Å². The molecular formula is C24H34N2O5S. The van der Waals surface area contributed by atoms with Crippen molar-refractivity contribution in [3.8, 4) is 0 Å². The van der Waals surface area contributed by atoms with E-state index in [0.717, 1.165) is 0 Å². The van der Waals surface area contributed by atoms with Crippen LogP contribution in [0, 0.1) is 17.8 Å². The Morgan fingerprint density at radius 1 is 1.19 bits per heavy atom. The number of cyclic esters (lactones) is 1. The Bertz CT molecular complexity index is 840. The lowest BCUT2D eigenvalue weighted by atomic mass is 9.78. The number of hydrogen-bond acceptors (Lipinski definition) is 6. The second-order valence-corrected chi connectivity index (χ2v) is 11.4. The number of hydrogen-bond donors (Lipinski definition) is 1. The standard InChI is InChI=1S/C24H34N2O5S/c1-14(2)12-16(13-27)26-20-22(29)25(15(3)4)10-7-9-24(20)19(21(26)28)18-17(32-24)8-5-6-11-31-23(18)30/h5,7-9,14-20,27H,6,10-13H2,1-4H3/t16-,17-,18+,19+,20?,24+/m1/s1. The number of aliphatic hydroxyl groups is 1. The number of aliphatic hydroxyl groups excluding tert-OH is 1. The molecule has 2 amide bonds. The van der Waals surface area contributed by atoms with Crippen LogP contribution in [0.1, 0.15) is 40.5 Å². The van der Waals surface area contributed by atoms with Crippen molar-refractivity contribution in [2.45, 2.75) is 68.7 Å². The molecule has 32 heavy (non-hydrogen) atoms. The van der Waals surface area contributed by atoms with Crippen molar-refractivity contribution in [3.63, 3.8) is 0 Å². The van der Waals surface area contributed by atoms with Crippen molar-refractivity contribution in [2.24, 2.45) is 17.8 Å². The molecule has 0 bridgehead atoms. The zero-order valence-corrected chi connectivity index (χ0v) is 20.1. The van der Waals surface area contributed by atoms with Crippen LogP contribution in [0.25, 0.3) is 0 Å². The minimum absolute atomic E-state index is 0.0269. The van der Waals surface area contributed by atoms with Crippen molar-refractivity contribution < 1.29 is 24.2 Å². The summed E-state index contributed by atoms with van der Waals surface area (Å²) >= 11 is 1.54. The molecule has 7 nitrogen and oxygen atoms in total. The van der Waals surface area contributed by atoms with E-state index in [1.807, 2.05) is 52.0 Å². The van der Waals surface area contributed by atoms with Gasteiger partial charge in [0, 0.05) is 17.8 Å². The molecule has 2 fully saturated rings. The van der Waals surface area contributed by atoms with Crippen molar-refractivity contribution in [3.05, 3.63) is 24.3 Å². The van der Waals surface area contributed by atoms with E-state index < -0.39 is 28.7 Å². The minimum Gasteiger partial charge on any atom is -0.465 e. The SMILES string of the molecule is CC(C)C[C@H](CO)N1C(=O)[C@@H]2[C@H]3C(=O)OCCC=C[C@H]3S[C@@]23C=CCN(C(C)C)C(=O)C13. The van der Waals surface area contributed by atoms with E-state index in [1.165, 1.54) is 0 Å². The summed E-state index contributed by atoms with van der Waals surface area (Å²) in [6, 6.07) is -1.25. The van der Waals surface area contributed by atoms with Gasteiger partial charge in [0.05, 0.1) is 35.8 Å². The molecule has 1 spiro atoms. The van der Waals surface area contributed by atoms with E-state index in [9.17, 15) is 19.5 Å². The summed E-state index contributed by atoms with van der Waals surface area (Å²) in [4.78, 5) is 44.5. The summed E-state index contributed by atoms with van der Waals surface area (Å²) in [6.07, 6.45) is 9.22. The molecule has 0 radical (unpaired) electrons. The molecule has 8 heteroatoms. The van der Waals surface area contributed by atoms with Gasteiger partial charge in [0.2, 0.25) is 11.8 Å². The highest BCUT2D eigenvalue weighted by Gasteiger charge is 2.71. The molecule has 0 saturated carbocycles. The van der Waals surface area contributed by atoms with Crippen LogP contribution in [-0.2, 0) is 19.1 Å². The number of nitrogens with zero attached hydrogens (tertiary/aromatic N) is 2. The predicted octanol–water partition coefficient (Wildman–Crippen LogP) is 2.00. The van der Waals surface area contributed by atoms with Crippen molar-refractivity contribution in [1.82, 2.24) is 9.80 Å². The highest BCUT2D eigenvalue weighted by Crippen LogP contribution is 2.61. The van der Waals surface area contributed by atoms with E-state index >= 15 is 0 Å². The van der Waals surface area contributed by atoms with Crippen LogP contribution in [0.2, 0.25) is 0 Å². The van der Waals surface area contributed by atoms with Gasteiger partial charge in [-0.15, -0.1) is 11.8 Å². The minimum atomic E-state index is -0.856. The van der Waals surface area contributed by atoms with E-state index in [1.54, 1.807) is 21.6 Å². The zero-order chi connectivity index (χ0) is 23.2. The molecule has 2 saturated heterocycles. The van der Waals surface area contributed by atoms with Crippen LogP contribution in [0.3, 0.4) is 0 Å². The first kappa shape index (κ1) is 23.4. The number of esters is 1. The van der Waals surface area contributed by atoms with E-state index in [-0.39, 0.29) is 41.6 Å². The third-order valence-electron chi connectivity index (χ3n) is 7.06. The zero-order valence-electron chi connectivity index (χ0n) is 19.3. The Balaban J connectivity index is 1.86. The molecule has 176 valence electrons. The molecule has 4 rings (SSSR count). The molecule has 6 atom stereocenters. The lowest BCUT2D eigenvalue weighted by Crippen LogP contribution is -2.57. The van der Waals surface area contributed by atoms with Crippen LogP contribution in [0.15, 0.2) is 24.3 Å². The number of thioether (sulfide) groups is 1. The highest BCUT2D eigenvalue weighted by molar-refractivity contribution is 8.02.